The van der Waals surface area contributed by atoms with Crippen molar-refractivity contribution in [2.45, 2.75) is 44.7 Å². The molecule has 15 heavy (non-hydrogen) atoms. The summed E-state index contributed by atoms with van der Waals surface area (Å²) in [6.07, 6.45) is 3.22. The lowest BCUT2D eigenvalue weighted by Gasteiger charge is -2.25. The number of nitrogens with one attached hydrogen (secondary N) is 1. The van der Waals surface area contributed by atoms with Crippen molar-refractivity contribution in [3.8, 4) is 0 Å². The minimum Gasteiger partial charge on any atom is -0.480 e. The zero-order valence-electron chi connectivity index (χ0n) is 8.90. The topological polar surface area (TPSA) is 92.4 Å². The Balaban J connectivity index is 2.37. The molecule has 1 aliphatic carbocycles. The maximum absolute atomic E-state index is 11.6. The molecule has 1 saturated carbocycles. The summed E-state index contributed by atoms with van der Waals surface area (Å²) in [6.45, 7) is 1.47. The monoisotopic (exact) mass is 214 g/mol. The number of aliphatic carboxylic acids is 1. The predicted octanol–water partition coefficient (Wildman–Crippen LogP) is 0.0932. The summed E-state index contributed by atoms with van der Waals surface area (Å²) in [4.78, 5) is 22.1. The number of amides is 1. The maximum Gasteiger partial charge on any atom is 0.325 e. The van der Waals surface area contributed by atoms with E-state index >= 15 is 0 Å². The molecule has 0 aromatic heterocycles. The highest BCUT2D eigenvalue weighted by Crippen LogP contribution is 2.23. The lowest BCUT2D eigenvalue weighted by atomic mass is 9.86. The molecule has 1 aliphatic rings. The van der Waals surface area contributed by atoms with Crippen LogP contribution in [0, 0.1) is 5.92 Å². The van der Waals surface area contributed by atoms with Gasteiger partial charge in [0.15, 0.2) is 0 Å². The average Bonchev–Trinajstić information content (AvgIpc) is 2.18. The largest absolute Gasteiger partial charge is 0.480 e. The van der Waals surface area contributed by atoms with Crippen LogP contribution in [0.4, 0.5) is 0 Å². The molecule has 0 aromatic carbocycles. The fourth-order valence-electron chi connectivity index (χ4n) is 1.77. The molecule has 86 valence electrons. The summed E-state index contributed by atoms with van der Waals surface area (Å²) < 4.78 is 0. The van der Waals surface area contributed by atoms with Crippen LogP contribution in [-0.2, 0) is 9.59 Å². The fraction of sp³-hybridized carbons (Fsp3) is 0.800. The van der Waals surface area contributed by atoms with Gasteiger partial charge in [0.2, 0.25) is 5.91 Å². The van der Waals surface area contributed by atoms with Gasteiger partial charge < -0.3 is 16.2 Å². The number of hydrogen-bond acceptors (Lipinski definition) is 3. The lowest BCUT2D eigenvalue weighted by molar-refractivity contribution is -0.142. The molecule has 1 atom stereocenters. The Hall–Kier alpha value is -1.10. The number of hydrogen-bond donors (Lipinski definition) is 3. The third kappa shape index (κ3) is 3.51. The Labute approximate surface area is 89.0 Å². The smallest absolute Gasteiger partial charge is 0.325 e. The summed E-state index contributed by atoms with van der Waals surface area (Å²) in [7, 11) is 0. The quantitative estimate of drug-likeness (QED) is 0.621. The molecule has 0 bridgehead atoms. The third-order valence-electron chi connectivity index (χ3n) is 2.87. The molecule has 0 aromatic rings. The first kappa shape index (κ1) is 12.0. The lowest BCUT2D eigenvalue weighted by Crippen LogP contribution is -2.43. The number of carbonyl (C=O) groups excluding carboxylic acids is 1. The van der Waals surface area contributed by atoms with E-state index in [1.807, 2.05) is 0 Å². The SMILES string of the molecule is C[C@@H](NC(=O)C1CCC(N)CC1)C(=O)O. The Morgan fingerprint density at radius 2 is 1.87 bits per heavy atom. The van der Waals surface area contributed by atoms with Crippen LogP contribution < -0.4 is 11.1 Å². The first-order valence-corrected chi connectivity index (χ1v) is 5.29. The second-order valence-electron chi connectivity index (χ2n) is 4.18. The van der Waals surface area contributed by atoms with Crippen molar-refractivity contribution in [3.05, 3.63) is 0 Å². The van der Waals surface area contributed by atoms with Gasteiger partial charge in [0.25, 0.3) is 0 Å². The first-order valence-electron chi connectivity index (χ1n) is 5.29. The van der Waals surface area contributed by atoms with Crippen molar-refractivity contribution >= 4 is 11.9 Å². The second kappa shape index (κ2) is 5.11. The third-order valence-corrected chi connectivity index (χ3v) is 2.87. The highest BCUT2D eigenvalue weighted by atomic mass is 16.4. The van der Waals surface area contributed by atoms with Crippen molar-refractivity contribution in [2.24, 2.45) is 11.7 Å². The van der Waals surface area contributed by atoms with Gasteiger partial charge in [-0.25, -0.2) is 0 Å². The molecule has 1 rings (SSSR count). The Bertz CT molecular complexity index is 247. The standard InChI is InChI=1S/C10H18N2O3/c1-6(10(14)15)12-9(13)7-2-4-8(11)5-3-7/h6-8H,2-5,11H2,1H3,(H,12,13)(H,14,15)/t6-,7?,8?/m1/s1. The zero-order valence-corrected chi connectivity index (χ0v) is 8.90. The van der Waals surface area contributed by atoms with E-state index in [-0.39, 0.29) is 17.9 Å². The van der Waals surface area contributed by atoms with E-state index in [1.165, 1.54) is 6.92 Å². The number of rotatable bonds is 3. The molecule has 4 N–H and O–H groups in total. The van der Waals surface area contributed by atoms with Crippen LogP contribution in [0.2, 0.25) is 0 Å². The van der Waals surface area contributed by atoms with Crippen LogP contribution >= 0.6 is 0 Å². The molecule has 5 heteroatoms. The van der Waals surface area contributed by atoms with Crippen LogP contribution in [0.1, 0.15) is 32.6 Å². The molecule has 0 aliphatic heterocycles. The van der Waals surface area contributed by atoms with Gasteiger partial charge in [0, 0.05) is 12.0 Å². The van der Waals surface area contributed by atoms with Gasteiger partial charge >= 0.3 is 5.97 Å². The maximum atomic E-state index is 11.6. The molecule has 0 unspecified atom stereocenters. The highest BCUT2D eigenvalue weighted by molar-refractivity contribution is 5.84. The normalized spacial score (nSPS) is 28.1. The van der Waals surface area contributed by atoms with Crippen LogP contribution in [0.3, 0.4) is 0 Å². The molecular formula is C10H18N2O3. The van der Waals surface area contributed by atoms with Gasteiger partial charge in [0.05, 0.1) is 0 Å². The molecule has 0 heterocycles. The molecule has 0 radical (unpaired) electrons. The van der Waals surface area contributed by atoms with Crippen LogP contribution in [0.25, 0.3) is 0 Å². The molecule has 0 spiro atoms. The molecule has 0 saturated heterocycles. The van der Waals surface area contributed by atoms with Crippen molar-refractivity contribution in [2.75, 3.05) is 0 Å². The van der Waals surface area contributed by atoms with Gasteiger partial charge in [-0.2, -0.15) is 0 Å². The van der Waals surface area contributed by atoms with E-state index in [4.69, 9.17) is 10.8 Å². The summed E-state index contributed by atoms with van der Waals surface area (Å²) in [5, 5.41) is 11.1. The number of carbonyl (C=O) groups is 2. The van der Waals surface area contributed by atoms with Gasteiger partial charge in [-0.15, -0.1) is 0 Å². The minimum atomic E-state index is -1.00. The van der Waals surface area contributed by atoms with Gasteiger partial charge in [-0.1, -0.05) is 0 Å². The fourth-order valence-corrected chi connectivity index (χ4v) is 1.77. The van der Waals surface area contributed by atoms with Crippen LogP contribution in [0.5, 0.6) is 0 Å². The summed E-state index contributed by atoms with van der Waals surface area (Å²) in [5.74, 6) is -1.22. The number of carboxylic acids is 1. The Morgan fingerprint density at radius 3 is 2.33 bits per heavy atom. The summed E-state index contributed by atoms with van der Waals surface area (Å²) >= 11 is 0. The summed E-state index contributed by atoms with van der Waals surface area (Å²) in [5.41, 5.74) is 5.72. The molecule has 5 nitrogen and oxygen atoms in total. The predicted molar refractivity (Wildman–Crippen MR) is 55.2 cm³/mol. The minimum absolute atomic E-state index is 0.0633. The molecular weight excluding hydrogens is 196 g/mol. The molecule has 1 amide bonds. The number of carboxylic acid groups (broad SMARTS) is 1. The summed E-state index contributed by atoms with van der Waals surface area (Å²) in [6, 6.07) is -0.612. The van der Waals surface area contributed by atoms with Crippen molar-refractivity contribution in [3.63, 3.8) is 0 Å². The van der Waals surface area contributed by atoms with Gasteiger partial charge in [-0.3, -0.25) is 9.59 Å². The van der Waals surface area contributed by atoms with E-state index in [9.17, 15) is 9.59 Å². The van der Waals surface area contributed by atoms with Crippen molar-refractivity contribution < 1.29 is 14.7 Å². The van der Waals surface area contributed by atoms with E-state index < -0.39 is 12.0 Å². The van der Waals surface area contributed by atoms with Crippen molar-refractivity contribution in [1.82, 2.24) is 5.32 Å². The van der Waals surface area contributed by atoms with Crippen LogP contribution in [-0.4, -0.2) is 29.1 Å². The Morgan fingerprint density at radius 1 is 1.33 bits per heavy atom. The average molecular weight is 214 g/mol. The van der Waals surface area contributed by atoms with E-state index in [1.54, 1.807) is 0 Å². The van der Waals surface area contributed by atoms with E-state index in [2.05, 4.69) is 5.32 Å². The van der Waals surface area contributed by atoms with Crippen LogP contribution in [0.15, 0.2) is 0 Å². The van der Waals surface area contributed by atoms with Gasteiger partial charge in [0.1, 0.15) is 6.04 Å². The highest BCUT2D eigenvalue weighted by Gasteiger charge is 2.26. The first-order chi connectivity index (χ1) is 7.00. The zero-order chi connectivity index (χ0) is 11.4. The van der Waals surface area contributed by atoms with Gasteiger partial charge in [-0.05, 0) is 32.6 Å². The number of nitrogens with two attached hydrogens (primary N) is 1. The Kier molecular flexibility index (Phi) is 4.08. The van der Waals surface area contributed by atoms with Crippen molar-refractivity contribution in [1.29, 1.82) is 0 Å². The van der Waals surface area contributed by atoms with E-state index in [0.29, 0.717) is 0 Å². The molecule has 1 fully saturated rings. The van der Waals surface area contributed by atoms with E-state index in [0.717, 1.165) is 25.7 Å². The second-order valence-corrected chi connectivity index (χ2v) is 4.18.